The molecule has 1 saturated heterocycles. The first kappa shape index (κ1) is 20.2. The number of likely N-dealkylation sites (N-methyl/N-ethyl adjacent to an activating group) is 1. The SMILES string of the molecule is COc1ccc(C(=O)Nc2cccn2-c2nnc(N3CCN(C)CC3)s2)c(OC)c1. The number of nitrogens with one attached hydrogen (secondary N) is 1. The number of nitrogens with zero attached hydrogens (tertiary/aromatic N) is 5. The van der Waals surface area contributed by atoms with E-state index in [1.54, 1.807) is 25.3 Å². The van der Waals surface area contributed by atoms with Crippen LogP contribution < -0.4 is 19.7 Å². The highest BCUT2D eigenvalue weighted by molar-refractivity contribution is 7.17. The zero-order valence-electron chi connectivity index (χ0n) is 17.2. The maximum atomic E-state index is 12.9. The minimum absolute atomic E-state index is 0.279. The minimum Gasteiger partial charge on any atom is -0.497 e. The highest BCUT2D eigenvalue weighted by Gasteiger charge is 2.20. The quantitative estimate of drug-likeness (QED) is 0.645. The van der Waals surface area contributed by atoms with Crippen LogP contribution in [-0.2, 0) is 0 Å². The number of hydrogen-bond acceptors (Lipinski definition) is 8. The molecule has 1 N–H and O–H groups in total. The average molecular weight is 429 g/mol. The topological polar surface area (TPSA) is 84.7 Å². The monoisotopic (exact) mass is 428 g/mol. The van der Waals surface area contributed by atoms with E-state index < -0.39 is 0 Å². The van der Waals surface area contributed by atoms with Crippen molar-refractivity contribution in [1.82, 2.24) is 19.7 Å². The Balaban J connectivity index is 1.52. The third-order valence-corrected chi connectivity index (χ3v) is 6.01. The van der Waals surface area contributed by atoms with E-state index in [2.05, 4.69) is 32.4 Å². The van der Waals surface area contributed by atoms with Gasteiger partial charge in [0, 0.05) is 38.4 Å². The Morgan fingerprint density at radius 3 is 2.57 bits per heavy atom. The summed E-state index contributed by atoms with van der Waals surface area (Å²) in [6.07, 6.45) is 1.86. The molecule has 30 heavy (non-hydrogen) atoms. The second-order valence-electron chi connectivity index (χ2n) is 6.94. The van der Waals surface area contributed by atoms with Crippen LogP contribution in [0.15, 0.2) is 36.5 Å². The van der Waals surface area contributed by atoms with E-state index in [1.165, 1.54) is 18.4 Å². The van der Waals surface area contributed by atoms with Gasteiger partial charge in [0.25, 0.3) is 5.91 Å². The molecule has 3 aromatic rings. The van der Waals surface area contributed by atoms with Crippen molar-refractivity contribution in [3.05, 3.63) is 42.1 Å². The number of carbonyl (C=O) groups excluding carboxylic acids is 1. The van der Waals surface area contributed by atoms with Crippen LogP contribution in [0, 0.1) is 0 Å². The van der Waals surface area contributed by atoms with Gasteiger partial charge in [-0.25, -0.2) is 0 Å². The first-order chi connectivity index (χ1) is 14.6. The molecular formula is C20H24N6O3S. The Labute approximate surface area is 178 Å². The lowest BCUT2D eigenvalue weighted by molar-refractivity contribution is 0.102. The first-order valence-electron chi connectivity index (χ1n) is 9.57. The summed E-state index contributed by atoms with van der Waals surface area (Å²) in [6.45, 7) is 3.86. The van der Waals surface area contributed by atoms with Gasteiger partial charge in [0.2, 0.25) is 10.3 Å². The van der Waals surface area contributed by atoms with Crippen LogP contribution >= 0.6 is 11.3 Å². The lowest BCUT2D eigenvalue weighted by Crippen LogP contribution is -2.44. The maximum absolute atomic E-state index is 12.9. The van der Waals surface area contributed by atoms with Crippen molar-refractivity contribution in [2.45, 2.75) is 0 Å². The predicted molar refractivity (Wildman–Crippen MR) is 116 cm³/mol. The van der Waals surface area contributed by atoms with Gasteiger partial charge >= 0.3 is 0 Å². The molecule has 0 aliphatic carbocycles. The van der Waals surface area contributed by atoms with Gasteiger partial charge in [0.15, 0.2) is 0 Å². The summed E-state index contributed by atoms with van der Waals surface area (Å²) in [5, 5.41) is 13.2. The van der Waals surface area contributed by atoms with Gasteiger partial charge < -0.3 is 24.6 Å². The number of piperazine rings is 1. The largest absolute Gasteiger partial charge is 0.497 e. The smallest absolute Gasteiger partial charge is 0.260 e. The van der Waals surface area contributed by atoms with Crippen LogP contribution in [0.25, 0.3) is 5.13 Å². The second kappa shape index (κ2) is 8.72. The van der Waals surface area contributed by atoms with Gasteiger partial charge in [0.1, 0.15) is 17.3 Å². The number of amides is 1. The number of rotatable bonds is 6. The number of anilines is 2. The molecule has 1 aromatic carbocycles. The van der Waals surface area contributed by atoms with Gasteiger partial charge in [-0.3, -0.25) is 9.36 Å². The summed E-state index contributed by atoms with van der Waals surface area (Å²) in [6, 6.07) is 8.77. The molecule has 10 heteroatoms. The molecule has 4 rings (SSSR count). The van der Waals surface area contributed by atoms with Crippen LogP contribution in [0.4, 0.5) is 10.9 Å². The van der Waals surface area contributed by atoms with E-state index in [-0.39, 0.29) is 5.91 Å². The summed E-state index contributed by atoms with van der Waals surface area (Å²) in [5.41, 5.74) is 0.418. The van der Waals surface area contributed by atoms with Gasteiger partial charge in [0.05, 0.1) is 19.8 Å². The third kappa shape index (κ3) is 4.10. The van der Waals surface area contributed by atoms with Crippen molar-refractivity contribution in [1.29, 1.82) is 0 Å². The molecule has 3 heterocycles. The van der Waals surface area contributed by atoms with Crippen LogP contribution in [0.2, 0.25) is 0 Å². The van der Waals surface area contributed by atoms with Crippen LogP contribution in [0.5, 0.6) is 11.5 Å². The molecule has 1 aliphatic rings. The lowest BCUT2D eigenvalue weighted by atomic mass is 10.1. The fraction of sp³-hybridized carbons (Fsp3) is 0.350. The number of methoxy groups -OCH3 is 2. The van der Waals surface area contributed by atoms with Crippen molar-refractivity contribution < 1.29 is 14.3 Å². The zero-order chi connectivity index (χ0) is 21.1. The molecule has 158 valence electrons. The molecule has 1 amide bonds. The van der Waals surface area contributed by atoms with Crippen molar-refractivity contribution in [2.75, 3.05) is 57.7 Å². The van der Waals surface area contributed by atoms with E-state index >= 15 is 0 Å². The van der Waals surface area contributed by atoms with Crippen LogP contribution in [0.1, 0.15) is 10.4 Å². The molecule has 0 unspecified atom stereocenters. The fourth-order valence-electron chi connectivity index (χ4n) is 3.25. The summed E-state index contributed by atoms with van der Waals surface area (Å²) in [4.78, 5) is 17.4. The summed E-state index contributed by atoms with van der Waals surface area (Å²) in [5.74, 6) is 1.40. The van der Waals surface area contributed by atoms with Gasteiger partial charge in [-0.05, 0) is 31.3 Å². The highest BCUT2D eigenvalue weighted by Crippen LogP contribution is 2.28. The van der Waals surface area contributed by atoms with Crippen LogP contribution in [0.3, 0.4) is 0 Å². The number of carbonyl (C=O) groups is 1. The Bertz CT molecular complexity index is 1030. The van der Waals surface area contributed by atoms with Crippen molar-refractivity contribution in [3.8, 4) is 16.6 Å². The summed E-state index contributed by atoms with van der Waals surface area (Å²) in [7, 11) is 5.21. The van der Waals surface area contributed by atoms with E-state index in [1.807, 2.05) is 22.9 Å². The fourth-order valence-corrected chi connectivity index (χ4v) is 4.15. The Morgan fingerprint density at radius 1 is 1.07 bits per heavy atom. The Hall–Kier alpha value is -3.11. The standard InChI is InChI=1S/C20H24N6O3S/c1-24-9-11-25(12-10-24)19-22-23-20(30-19)26-8-4-5-17(26)21-18(27)15-7-6-14(28-2)13-16(15)29-3/h4-8,13H,9-12H2,1-3H3,(H,21,27). The number of ether oxygens (including phenoxy) is 2. The minimum atomic E-state index is -0.279. The third-order valence-electron chi connectivity index (χ3n) is 5.03. The van der Waals surface area contributed by atoms with Crippen molar-refractivity contribution in [2.24, 2.45) is 0 Å². The van der Waals surface area contributed by atoms with E-state index in [4.69, 9.17) is 9.47 Å². The molecule has 0 spiro atoms. The van der Waals surface area contributed by atoms with Crippen molar-refractivity contribution in [3.63, 3.8) is 0 Å². The second-order valence-corrected chi connectivity index (χ2v) is 7.88. The van der Waals surface area contributed by atoms with Crippen LogP contribution in [-0.4, -0.2) is 73.0 Å². The average Bonchev–Trinajstić information content (AvgIpc) is 3.43. The molecule has 0 radical (unpaired) electrons. The first-order valence-corrected chi connectivity index (χ1v) is 10.4. The molecule has 0 saturated carbocycles. The van der Waals surface area contributed by atoms with E-state index in [0.29, 0.717) is 28.0 Å². The zero-order valence-corrected chi connectivity index (χ0v) is 18.0. The normalized spacial score (nSPS) is 14.6. The highest BCUT2D eigenvalue weighted by atomic mass is 32.1. The maximum Gasteiger partial charge on any atom is 0.260 e. The molecule has 9 nitrogen and oxygen atoms in total. The van der Waals surface area contributed by atoms with Gasteiger partial charge in [-0.15, -0.1) is 10.2 Å². The van der Waals surface area contributed by atoms with Crippen molar-refractivity contribution >= 4 is 28.2 Å². The van der Waals surface area contributed by atoms with Gasteiger partial charge in [-0.2, -0.15) is 0 Å². The summed E-state index contributed by atoms with van der Waals surface area (Å²) >= 11 is 1.50. The molecule has 1 fully saturated rings. The van der Waals surface area contributed by atoms with Gasteiger partial charge in [-0.1, -0.05) is 11.3 Å². The molecular weight excluding hydrogens is 404 g/mol. The molecule has 1 aliphatic heterocycles. The molecule has 2 aromatic heterocycles. The van der Waals surface area contributed by atoms with E-state index in [0.717, 1.165) is 31.3 Å². The Kier molecular flexibility index (Phi) is 5.86. The number of benzene rings is 1. The predicted octanol–water partition coefficient (Wildman–Crippen LogP) is 2.35. The number of hydrogen-bond donors (Lipinski definition) is 1. The lowest BCUT2D eigenvalue weighted by Gasteiger charge is -2.31. The molecule has 0 atom stereocenters. The Morgan fingerprint density at radius 2 is 1.83 bits per heavy atom. The molecule has 0 bridgehead atoms. The van der Waals surface area contributed by atoms with E-state index in [9.17, 15) is 4.79 Å². The number of aromatic nitrogens is 3. The summed E-state index contributed by atoms with van der Waals surface area (Å²) < 4.78 is 12.4.